The Kier molecular flexibility index (Phi) is 7.60. The fraction of sp³-hybridized carbons (Fsp3) is 0.900. The Balaban J connectivity index is 3.86. The lowest BCUT2D eigenvalue weighted by Gasteiger charge is -2.15. The summed E-state index contributed by atoms with van der Waals surface area (Å²) in [4.78, 5) is 11.5. The summed E-state index contributed by atoms with van der Waals surface area (Å²) in [5, 5.41) is 2.82. The maximum atomic E-state index is 11.5. The summed E-state index contributed by atoms with van der Waals surface area (Å²) in [5.74, 6) is 0.764. The third kappa shape index (κ3) is 7.50. The number of hydrogen-bond donors (Lipinski definition) is 2. The topological polar surface area (TPSA) is 72.2 Å². The summed E-state index contributed by atoms with van der Waals surface area (Å²) in [6.07, 6.45) is 3.02. The summed E-state index contributed by atoms with van der Waals surface area (Å²) in [6.45, 7) is 4.43. The van der Waals surface area contributed by atoms with Crippen LogP contribution in [0.5, 0.6) is 0 Å². The smallest absolute Gasteiger partial charge is 0.220 e. The van der Waals surface area contributed by atoms with Gasteiger partial charge in [0.2, 0.25) is 5.91 Å². The summed E-state index contributed by atoms with van der Waals surface area (Å²) >= 11 is 0. The highest BCUT2D eigenvalue weighted by atomic mass is 32.2. The average Bonchev–Trinajstić information content (AvgIpc) is 2.12. The van der Waals surface area contributed by atoms with Crippen LogP contribution >= 0.6 is 0 Å². The molecule has 3 unspecified atom stereocenters. The second kappa shape index (κ2) is 7.82. The van der Waals surface area contributed by atoms with Crippen LogP contribution in [0.2, 0.25) is 0 Å². The highest BCUT2D eigenvalue weighted by Gasteiger charge is 2.13. The Morgan fingerprint density at radius 2 is 2.13 bits per heavy atom. The molecule has 0 saturated heterocycles. The zero-order chi connectivity index (χ0) is 11.8. The van der Waals surface area contributed by atoms with Gasteiger partial charge in [-0.2, -0.15) is 0 Å². The number of carbonyl (C=O) groups excluding carboxylic acids is 1. The Hall–Kier alpha value is -0.420. The minimum Gasteiger partial charge on any atom is -0.353 e. The van der Waals surface area contributed by atoms with Crippen molar-refractivity contribution >= 4 is 16.7 Å². The number of hydrogen-bond acceptors (Lipinski definition) is 3. The van der Waals surface area contributed by atoms with Crippen LogP contribution in [0, 0.1) is 5.92 Å². The molecule has 0 aliphatic heterocycles. The molecule has 0 aliphatic carbocycles. The first-order valence-electron chi connectivity index (χ1n) is 5.29. The van der Waals surface area contributed by atoms with Crippen LogP contribution in [-0.2, 0) is 15.6 Å². The first-order valence-corrected chi connectivity index (χ1v) is 7.01. The largest absolute Gasteiger partial charge is 0.353 e. The van der Waals surface area contributed by atoms with Crippen LogP contribution < -0.4 is 11.1 Å². The third-order valence-electron chi connectivity index (χ3n) is 2.28. The summed E-state index contributed by atoms with van der Waals surface area (Å²) in [6, 6.07) is -0.0291. The minimum absolute atomic E-state index is 0.00486. The van der Waals surface area contributed by atoms with Gasteiger partial charge in [-0.05, 0) is 19.4 Å². The summed E-state index contributed by atoms with van der Waals surface area (Å²) in [5.41, 5.74) is 5.51. The molecule has 0 aromatic rings. The predicted molar refractivity (Wildman–Crippen MR) is 64.0 cm³/mol. The van der Waals surface area contributed by atoms with Gasteiger partial charge in [0, 0.05) is 35.3 Å². The number of nitrogens with two attached hydrogens (primary N) is 1. The van der Waals surface area contributed by atoms with Crippen LogP contribution in [0.15, 0.2) is 0 Å². The molecule has 90 valence electrons. The average molecular weight is 234 g/mol. The van der Waals surface area contributed by atoms with Crippen LogP contribution in [0.1, 0.15) is 26.7 Å². The third-order valence-corrected chi connectivity index (χ3v) is 3.25. The Morgan fingerprint density at radius 1 is 1.53 bits per heavy atom. The molecule has 15 heavy (non-hydrogen) atoms. The van der Waals surface area contributed by atoms with Crippen molar-refractivity contribution in [3.8, 4) is 0 Å². The standard InChI is InChI=1S/C10H22N2O2S/c1-4-9(6-11)5-10(13)12-8(2)7-15(3)14/h8-9H,4-7,11H2,1-3H3,(H,12,13). The predicted octanol–water partition coefficient (Wildman–Crippen LogP) is 0.245. The number of rotatable bonds is 7. The summed E-state index contributed by atoms with van der Waals surface area (Å²) in [7, 11) is -0.868. The van der Waals surface area contributed by atoms with E-state index in [2.05, 4.69) is 5.32 Å². The zero-order valence-corrected chi connectivity index (χ0v) is 10.6. The molecule has 0 saturated carbocycles. The minimum atomic E-state index is -0.868. The molecule has 3 atom stereocenters. The van der Waals surface area contributed by atoms with Gasteiger partial charge in [0.25, 0.3) is 0 Å². The molecule has 5 heteroatoms. The molecule has 4 nitrogen and oxygen atoms in total. The van der Waals surface area contributed by atoms with Gasteiger partial charge in [-0.25, -0.2) is 0 Å². The van der Waals surface area contributed by atoms with E-state index in [1.165, 1.54) is 0 Å². The molecule has 1 amide bonds. The fourth-order valence-electron chi connectivity index (χ4n) is 1.38. The number of amides is 1. The van der Waals surface area contributed by atoms with E-state index >= 15 is 0 Å². The van der Waals surface area contributed by atoms with Crippen molar-refractivity contribution in [1.82, 2.24) is 5.32 Å². The zero-order valence-electron chi connectivity index (χ0n) is 9.79. The van der Waals surface area contributed by atoms with Crippen LogP contribution in [0.3, 0.4) is 0 Å². The lowest BCUT2D eigenvalue weighted by molar-refractivity contribution is -0.122. The van der Waals surface area contributed by atoms with Gasteiger partial charge in [-0.3, -0.25) is 9.00 Å². The van der Waals surface area contributed by atoms with E-state index in [-0.39, 0.29) is 17.9 Å². The van der Waals surface area contributed by atoms with Crippen molar-refractivity contribution < 1.29 is 9.00 Å². The molecule has 0 fully saturated rings. The van der Waals surface area contributed by atoms with Crippen LogP contribution in [-0.4, -0.2) is 34.7 Å². The van der Waals surface area contributed by atoms with Gasteiger partial charge in [0.1, 0.15) is 0 Å². The number of carbonyl (C=O) groups is 1. The van der Waals surface area contributed by atoms with E-state index < -0.39 is 10.8 Å². The molecule has 0 heterocycles. The van der Waals surface area contributed by atoms with E-state index in [4.69, 9.17) is 5.73 Å². The van der Waals surface area contributed by atoms with Gasteiger partial charge in [0.15, 0.2) is 0 Å². The molecule has 0 spiro atoms. The van der Waals surface area contributed by atoms with Crippen LogP contribution in [0.25, 0.3) is 0 Å². The van der Waals surface area contributed by atoms with E-state index in [0.717, 1.165) is 6.42 Å². The van der Waals surface area contributed by atoms with Crippen molar-refractivity contribution in [2.45, 2.75) is 32.7 Å². The van der Waals surface area contributed by atoms with E-state index in [1.807, 2.05) is 13.8 Å². The molecule has 3 N–H and O–H groups in total. The lowest BCUT2D eigenvalue weighted by atomic mass is 10.0. The van der Waals surface area contributed by atoms with Crippen LogP contribution in [0.4, 0.5) is 0 Å². The van der Waals surface area contributed by atoms with E-state index in [9.17, 15) is 9.00 Å². The molecule has 0 aromatic heterocycles. The molecule has 0 radical (unpaired) electrons. The van der Waals surface area contributed by atoms with Gasteiger partial charge < -0.3 is 11.1 Å². The van der Waals surface area contributed by atoms with Gasteiger partial charge in [0.05, 0.1) is 0 Å². The lowest BCUT2D eigenvalue weighted by Crippen LogP contribution is -2.37. The molecule has 0 bridgehead atoms. The van der Waals surface area contributed by atoms with Gasteiger partial charge in [-0.15, -0.1) is 0 Å². The molecular formula is C10H22N2O2S. The maximum Gasteiger partial charge on any atom is 0.220 e. The Morgan fingerprint density at radius 3 is 2.53 bits per heavy atom. The van der Waals surface area contributed by atoms with Crippen molar-refractivity contribution in [2.75, 3.05) is 18.6 Å². The van der Waals surface area contributed by atoms with Crippen molar-refractivity contribution in [3.63, 3.8) is 0 Å². The molecular weight excluding hydrogens is 212 g/mol. The molecule has 0 aromatic carbocycles. The monoisotopic (exact) mass is 234 g/mol. The first-order chi connectivity index (χ1) is 6.99. The van der Waals surface area contributed by atoms with Gasteiger partial charge >= 0.3 is 0 Å². The second-order valence-electron chi connectivity index (χ2n) is 3.92. The van der Waals surface area contributed by atoms with Crippen molar-refractivity contribution in [2.24, 2.45) is 11.7 Å². The Bertz CT molecular complexity index is 217. The van der Waals surface area contributed by atoms with E-state index in [0.29, 0.717) is 18.7 Å². The molecule has 0 aliphatic rings. The molecule has 0 rings (SSSR count). The van der Waals surface area contributed by atoms with Crippen molar-refractivity contribution in [1.29, 1.82) is 0 Å². The first kappa shape index (κ1) is 14.6. The summed E-state index contributed by atoms with van der Waals surface area (Å²) < 4.78 is 10.9. The highest BCUT2D eigenvalue weighted by Crippen LogP contribution is 2.05. The second-order valence-corrected chi connectivity index (χ2v) is 5.40. The number of nitrogens with one attached hydrogen (secondary N) is 1. The van der Waals surface area contributed by atoms with E-state index in [1.54, 1.807) is 6.26 Å². The van der Waals surface area contributed by atoms with Crippen molar-refractivity contribution in [3.05, 3.63) is 0 Å². The highest BCUT2D eigenvalue weighted by molar-refractivity contribution is 7.84. The fourth-order valence-corrected chi connectivity index (χ4v) is 2.17. The maximum absolute atomic E-state index is 11.5. The SMILES string of the molecule is CCC(CN)CC(=O)NC(C)CS(C)=O. The quantitative estimate of drug-likeness (QED) is 0.663. The Labute approximate surface area is 94.4 Å². The van der Waals surface area contributed by atoms with Gasteiger partial charge in [-0.1, -0.05) is 13.3 Å². The normalized spacial score (nSPS) is 16.8.